The summed E-state index contributed by atoms with van der Waals surface area (Å²) in [7, 11) is 0. The topological polar surface area (TPSA) is 67.5 Å². The zero-order valence-corrected chi connectivity index (χ0v) is 22.0. The van der Waals surface area contributed by atoms with Gasteiger partial charge in [0.15, 0.2) is 5.58 Å². The van der Waals surface area contributed by atoms with Crippen LogP contribution < -0.4 is 5.32 Å². The largest absolute Gasteiger partial charge is 0.463 e. The fraction of sp³-hybridized carbons (Fsp3) is 0.481. The lowest BCUT2D eigenvalue weighted by molar-refractivity contribution is -0.134. The first-order valence-corrected chi connectivity index (χ1v) is 13.1. The molecule has 6 nitrogen and oxygen atoms in total. The van der Waals surface area contributed by atoms with Crippen LogP contribution in [0.4, 0.5) is 0 Å². The van der Waals surface area contributed by atoms with Crippen molar-refractivity contribution in [2.24, 2.45) is 5.92 Å². The molecule has 1 N–H and O–H groups in total. The van der Waals surface area contributed by atoms with Gasteiger partial charge in [0.05, 0.1) is 18.3 Å². The molecule has 0 spiro atoms. The molecule has 3 unspecified atom stereocenters. The second-order valence-electron chi connectivity index (χ2n) is 9.42. The number of carbonyl (C=O) groups is 2. The van der Waals surface area contributed by atoms with E-state index in [1.54, 1.807) is 17.2 Å². The van der Waals surface area contributed by atoms with Crippen LogP contribution >= 0.6 is 15.9 Å². The van der Waals surface area contributed by atoms with E-state index in [1.165, 1.54) is 6.42 Å². The number of hydrogen-bond acceptors (Lipinski definition) is 3. The van der Waals surface area contributed by atoms with Gasteiger partial charge in [-0.15, -0.1) is 0 Å². The molecule has 2 amide bonds. The van der Waals surface area contributed by atoms with Gasteiger partial charge in [-0.3, -0.25) is 9.59 Å². The molecule has 182 valence electrons. The summed E-state index contributed by atoms with van der Waals surface area (Å²) in [5.41, 5.74) is 2.03. The van der Waals surface area contributed by atoms with Crippen molar-refractivity contribution in [3.63, 3.8) is 0 Å². The molecule has 1 aliphatic heterocycles. The van der Waals surface area contributed by atoms with E-state index >= 15 is 0 Å². The zero-order chi connectivity index (χ0) is 24.5. The van der Waals surface area contributed by atoms with Gasteiger partial charge < -0.3 is 19.2 Å². The van der Waals surface area contributed by atoms with Crippen LogP contribution in [0.15, 0.2) is 51.6 Å². The number of hydrogen-bond donors (Lipinski definition) is 1. The van der Waals surface area contributed by atoms with E-state index in [0.29, 0.717) is 30.3 Å². The van der Waals surface area contributed by atoms with Crippen LogP contribution in [0.2, 0.25) is 0 Å². The SMILES string of the molecule is CC.CC1CCCCC1NC(=O)C1(C)Cn2c(cc3occc32)C(=O)N1Cc1cccc(Br)c1. The molecular weight excluding hydrogens is 494 g/mol. The van der Waals surface area contributed by atoms with Crippen LogP contribution in [0.3, 0.4) is 0 Å². The average molecular weight is 528 g/mol. The summed E-state index contributed by atoms with van der Waals surface area (Å²) >= 11 is 3.52. The minimum Gasteiger partial charge on any atom is -0.463 e. The molecule has 3 aromatic rings. The van der Waals surface area contributed by atoms with E-state index in [9.17, 15) is 9.59 Å². The van der Waals surface area contributed by atoms with Crippen molar-refractivity contribution in [3.8, 4) is 0 Å². The van der Waals surface area contributed by atoms with E-state index in [4.69, 9.17) is 4.42 Å². The first-order chi connectivity index (χ1) is 16.4. The van der Waals surface area contributed by atoms with Crippen LogP contribution in [0.5, 0.6) is 0 Å². The number of nitrogens with one attached hydrogen (secondary N) is 1. The van der Waals surface area contributed by atoms with Crippen molar-refractivity contribution in [1.82, 2.24) is 14.8 Å². The van der Waals surface area contributed by atoms with E-state index in [0.717, 1.165) is 34.8 Å². The lowest BCUT2D eigenvalue weighted by Gasteiger charge is -2.45. The Bertz CT molecular complexity index is 1180. The maximum Gasteiger partial charge on any atom is 0.271 e. The van der Waals surface area contributed by atoms with Gasteiger partial charge in [0, 0.05) is 29.2 Å². The van der Waals surface area contributed by atoms with Gasteiger partial charge in [-0.2, -0.15) is 0 Å². The van der Waals surface area contributed by atoms with Crippen molar-refractivity contribution in [1.29, 1.82) is 0 Å². The van der Waals surface area contributed by atoms with Gasteiger partial charge in [0.1, 0.15) is 11.2 Å². The quantitative estimate of drug-likeness (QED) is 0.443. The van der Waals surface area contributed by atoms with Crippen LogP contribution in [0, 0.1) is 5.92 Å². The normalized spacial score (nSPS) is 24.4. The first-order valence-electron chi connectivity index (χ1n) is 12.3. The van der Waals surface area contributed by atoms with E-state index in [1.807, 2.05) is 55.7 Å². The summed E-state index contributed by atoms with van der Waals surface area (Å²) in [6.45, 7) is 8.84. The van der Waals surface area contributed by atoms with Crippen LogP contribution in [-0.4, -0.2) is 32.9 Å². The van der Waals surface area contributed by atoms with Crippen molar-refractivity contribution in [3.05, 3.63) is 58.4 Å². The molecule has 0 bridgehead atoms. The lowest BCUT2D eigenvalue weighted by Crippen LogP contribution is -2.65. The number of rotatable bonds is 4. The molecular formula is C27H34BrN3O3. The molecule has 3 atom stereocenters. The van der Waals surface area contributed by atoms with Gasteiger partial charge in [-0.25, -0.2) is 0 Å². The number of nitrogens with zero attached hydrogens (tertiary/aromatic N) is 2. The highest BCUT2D eigenvalue weighted by Gasteiger charge is 2.48. The lowest BCUT2D eigenvalue weighted by atomic mass is 9.85. The van der Waals surface area contributed by atoms with Crippen LogP contribution in [0.1, 0.15) is 69.4 Å². The molecule has 5 rings (SSSR count). The van der Waals surface area contributed by atoms with E-state index < -0.39 is 5.54 Å². The van der Waals surface area contributed by atoms with E-state index in [2.05, 4.69) is 28.2 Å². The van der Waals surface area contributed by atoms with Gasteiger partial charge in [-0.05, 0) is 43.4 Å². The molecule has 3 heterocycles. The van der Waals surface area contributed by atoms with Crippen LogP contribution in [0.25, 0.3) is 11.1 Å². The number of aromatic nitrogens is 1. The second-order valence-corrected chi connectivity index (χ2v) is 10.3. The fourth-order valence-corrected chi connectivity index (χ4v) is 5.64. The zero-order valence-electron chi connectivity index (χ0n) is 20.4. The summed E-state index contributed by atoms with van der Waals surface area (Å²) in [6, 6.07) is 11.7. The maximum absolute atomic E-state index is 13.8. The maximum atomic E-state index is 13.8. The standard InChI is InChI=1S/C25H28BrN3O3.C2H6/c1-16-6-3-4-9-19(16)27-24(31)25(2)15-28-20-10-11-32-22(20)13-21(28)23(30)29(25)14-17-7-5-8-18(26)12-17;1-2/h5,7-8,10-13,16,19H,3-4,6,9,14-15H2,1-2H3,(H,27,31);1-2H3. The predicted octanol–water partition coefficient (Wildman–Crippen LogP) is 6.13. The van der Waals surface area contributed by atoms with Gasteiger partial charge in [0.2, 0.25) is 5.91 Å². The highest BCUT2D eigenvalue weighted by atomic mass is 79.9. The summed E-state index contributed by atoms with van der Waals surface area (Å²) < 4.78 is 8.43. The molecule has 0 radical (unpaired) electrons. The molecule has 34 heavy (non-hydrogen) atoms. The Kier molecular flexibility index (Phi) is 7.22. The third-order valence-corrected chi connectivity index (χ3v) is 7.69. The van der Waals surface area contributed by atoms with Crippen molar-refractivity contribution < 1.29 is 14.0 Å². The number of amides is 2. The number of benzene rings is 1. The molecule has 1 aromatic carbocycles. The summed E-state index contributed by atoms with van der Waals surface area (Å²) in [4.78, 5) is 29.3. The molecule has 1 saturated carbocycles. The van der Waals surface area contributed by atoms with Crippen molar-refractivity contribution in [2.45, 2.75) is 78.0 Å². The molecule has 0 saturated heterocycles. The number of halogens is 1. The Morgan fingerprint density at radius 3 is 2.71 bits per heavy atom. The van der Waals surface area contributed by atoms with Gasteiger partial charge in [-0.1, -0.05) is 61.7 Å². The summed E-state index contributed by atoms with van der Waals surface area (Å²) in [5, 5.41) is 3.31. The molecule has 2 aliphatic rings. The third kappa shape index (κ3) is 4.42. The van der Waals surface area contributed by atoms with Gasteiger partial charge >= 0.3 is 0 Å². The summed E-state index contributed by atoms with van der Waals surface area (Å²) in [5.74, 6) is 0.199. The molecule has 1 aliphatic carbocycles. The van der Waals surface area contributed by atoms with E-state index in [-0.39, 0.29) is 17.9 Å². The van der Waals surface area contributed by atoms with Crippen molar-refractivity contribution in [2.75, 3.05) is 0 Å². The summed E-state index contributed by atoms with van der Waals surface area (Å²) in [6.07, 6.45) is 6.08. The molecule has 1 fully saturated rings. The molecule has 7 heteroatoms. The van der Waals surface area contributed by atoms with Gasteiger partial charge in [0.25, 0.3) is 5.91 Å². The number of furan rings is 1. The fourth-order valence-electron chi connectivity index (χ4n) is 5.19. The Morgan fingerprint density at radius 1 is 1.21 bits per heavy atom. The molecule has 2 aromatic heterocycles. The number of fused-ring (bicyclic) bond motifs is 3. The average Bonchev–Trinajstić information content (AvgIpc) is 3.42. The highest BCUT2D eigenvalue weighted by Crippen LogP contribution is 2.35. The Labute approximate surface area is 209 Å². The Morgan fingerprint density at radius 2 is 1.97 bits per heavy atom. The number of carbonyl (C=O) groups excluding carboxylic acids is 2. The van der Waals surface area contributed by atoms with Crippen molar-refractivity contribution >= 4 is 38.8 Å². The minimum atomic E-state index is -1.02. The smallest absolute Gasteiger partial charge is 0.271 e. The monoisotopic (exact) mass is 527 g/mol. The second kappa shape index (κ2) is 9.98. The first kappa shape index (κ1) is 24.6. The predicted molar refractivity (Wildman–Crippen MR) is 138 cm³/mol. The van der Waals surface area contributed by atoms with Crippen LogP contribution in [-0.2, 0) is 17.9 Å². The third-order valence-electron chi connectivity index (χ3n) is 7.20. The minimum absolute atomic E-state index is 0.0874. The Balaban J connectivity index is 0.00000133. The Hall–Kier alpha value is -2.54. The highest BCUT2D eigenvalue weighted by molar-refractivity contribution is 9.10.